The summed E-state index contributed by atoms with van der Waals surface area (Å²) in [6, 6.07) is 1.76. The highest BCUT2D eigenvalue weighted by molar-refractivity contribution is 5.22. The second kappa shape index (κ2) is 3.46. The van der Waals surface area contributed by atoms with E-state index in [1.807, 2.05) is 6.92 Å². The molecular formula is C15H20N2O. The Labute approximate surface area is 107 Å². The van der Waals surface area contributed by atoms with Crippen LogP contribution in [0, 0.1) is 24.7 Å². The van der Waals surface area contributed by atoms with Gasteiger partial charge in [0.25, 0.3) is 5.56 Å². The van der Waals surface area contributed by atoms with Gasteiger partial charge in [0.1, 0.15) is 5.82 Å². The first-order valence-electron chi connectivity index (χ1n) is 7.21. The van der Waals surface area contributed by atoms with Gasteiger partial charge in [-0.3, -0.25) is 4.79 Å². The normalized spacial score (nSPS) is 41.3. The van der Waals surface area contributed by atoms with E-state index in [1.54, 1.807) is 6.07 Å². The van der Waals surface area contributed by atoms with Gasteiger partial charge in [-0.05, 0) is 63.2 Å². The molecule has 0 spiro atoms. The zero-order valence-corrected chi connectivity index (χ0v) is 10.9. The fourth-order valence-electron chi connectivity index (χ4n) is 5.28. The summed E-state index contributed by atoms with van der Waals surface area (Å²) in [6.45, 7) is 1.89. The lowest BCUT2D eigenvalue weighted by molar-refractivity contribution is -0.00738. The topological polar surface area (TPSA) is 45.8 Å². The summed E-state index contributed by atoms with van der Waals surface area (Å²) in [5, 5.41) is 0. The van der Waals surface area contributed by atoms with Crippen molar-refractivity contribution in [3.05, 3.63) is 27.9 Å². The number of aromatic amines is 1. The van der Waals surface area contributed by atoms with Crippen LogP contribution in [0.25, 0.3) is 0 Å². The van der Waals surface area contributed by atoms with Crippen LogP contribution in [0.2, 0.25) is 0 Å². The van der Waals surface area contributed by atoms with E-state index in [4.69, 9.17) is 0 Å². The summed E-state index contributed by atoms with van der Waals surface area (Å²) < 4.78 is 0. The number of H-pyrrole nitrogens is 1. The fourth-order valence-corrected chi connectivity index (χ4v) is 5.28. The van der Waals surface area contributed by atoms with Crippen LogP contribution in [-0.2, 0) is 5.41 Å². The van der Waals surface area contributed by atoms with E-state index in [0.717, 1.165) is 29.3 Å². The Bertz CT molecular complexity index is 510. The van der Waals surface area contributed by atoms with E-state index in [1.165, 1.54) is 38.5 Å². The molecule has 5 rings (SSSR count). The standard InChI is InChI=1S/C15H20N2O/c1-9-16-13(5-14(18)17-9)15-6-10-2-11(7-15)4-12(3-10)8-15/h5,10-12H,2-4,6-8H2,1H3,(H,16,17,18). The smallest absolute Gasteiger partial charge is 0.251 e. The van der Waals surface area contributed by atoms with E-state index in [-0.39, 0.29) is 11.0 Å². The zero-order chi connectivity index (χ0) is 12.3. The first-order chi connectivity index (χ1) is 8.63. The third kappa shape index (κ3) is 1.49. The van der Waals surface area contributed by atoms with Gasteiger partial charge in [0, 0.05) is 11.5 Å². The number of nitrogens with zero attached hydrogens (tertiary/aromatic N) is 1. The molecule has 4 fully saturated rings. The van der Waals surface area contributed by atoms with Crippen LogP contribution in [0.5, 0.6) is 0 Å². The zero-order valence-electron chi connectivity index (χ0n) is 10.9. The second-order valence-electron chi connectivity index (χ2n) is 6.91. The Morgan fingerprint density at radius 3 is 2.22 bits per heavy atom. The average molecular weight is 244 g/mol. The lowest BCUT2D eigenvalue weighted by Crippen LogP contribution is -2.49. The first-order valence-corrected chi connectivity index (χ1v) is 7.21. The molecule has 0 aromatic carbocycles. The quantitative estimate of drug-likeness (QED) is 0.825. The maximum absolute atomic E-state index is 11.7. The summed E-state index contributed by atoms with van der Waals surface area (Å²) in [7, 11) is 0. The predicted molar refractivity (Wildman–Crippen MR) is 69.4 cm³/mol. The maximum Gasteiger partial charge on any atom is 0.251 e. The van der Waals surface area contributed by atoms with E-state index in [2.05, 4.69) is 9.97 Å². The second-order valence-corrected chi connectivity index (χ2v) is 6.91. The Morgan fingerprint density at radius 2 is 1.72 bits per heavy atom. The average Bonchev–Trinajstić information content (AvgIpc) is 2.25. The van der Waals surface area contributed by atoms with Crippen molar-refractivity contribution in [3.8, 4) is 0 Å². The van der Waals surface area contributed by atoms with Crippen molar-refractivity contribution in [2.24, 2.45) is 17.8 Å². The van der Waals surface area contributed by atoms with Crippen LogP contribution in [0.4, 0.5) is 0 Å². The molecule has 0 atom stereocenters. The lowest BCUT2D eigenvalue weighted by Gasteiger charge is -2.56. The number of aryl methyl sites for hydroxylation is 1. The highest BCUT2D eigenvalue weighted by Crippen LogP contribution is 2.60. The molecule has 4 aliphatic carbocycles. The molecule has 0 unspecified atom stereocenters. The van der Waals surface area contributed by atoms with Gasteiger partial charge in [-0.25, -0.2) is 4.98 Å². The van der Waals surface area contributed by atoms with Gasteiger partial charge in [0.05, 0.1) is 5.69 Å². The molecule has 4 saturated carbocycles. The van der Waals surface area contributed by atoms with Gasteiger partial charge in [0.15, 0.2) is 0 Å². The Hall–Kier alpha value is -1.12. The van der Waals surface area contributed by atoms with Crippen LogP contribution >= 0.6 is 0 Å². The summed E-state index contributed by atoms with van der Waals surface area (Å²) >= 11 is 0. The van der Waals surface area contributed by atoms with Crippen LogP contribution < -0.4 is 5.56 Å². The van der Waals surface area contributed by atoms with Gasteiger partial charge in [0.2, 0.25) is 0 Å². The van der Waals surface area contributed by atoms with Crippen LogP contribution in [0.15, 0.2) is 10.9 Å². The lowest BCUT2D eigenvalue weighted by atomic mass is 9.49. The predicted octanol–water partition coefficient (Wildman–Crippen LogP) is 2.55. The largest absolute Gasteiger partial charge is 0.311 e. The fraction of sp³-hybridized carbons (Fsp3) is 0.733. The number of nitrogens with one attached hydrogen (secondary N) is 1. The minimum Gasteiger partial charge on any atom is -0.311 e. The maximum atomic E-state index is 11.7. The molecule has 0 aliphatic heterocycles. The summed E-state index contributed by atoms with van der Waals surface area (Å²) in [6.07, 6.45) is 8.11. The van der Waals surface area contributed by atoms with E-state index >= 15 is 0 Å². The number of aromatic nitrogens is 2. The third-order valence-electron chi connectivity index (χ3n) is 5.44. The summed E-state index contributed by atoms with van der Waals surface area (Å²) in [5.74, 6) is 3.47. The Balaban J connectivity index is 1.81. The molecule has 18 heavy (non-hydrogen) atoms. The van der Waals surface area contributed by atoms with Crippen LogP contribution in [-0.4, -0.2) is 9.97 Å². The van der Waals surface area contributed by atoms with Gasteiger partial charge < -0.3 is 4.98 Å². The van der Waals surface area contributed by atoms with Gasteiger partial charge in [-0.15, -0.1) is 0 Å². The molecule has 1 N–H and O–H groups in total. The molecule has 3 nitrogen and oxygen atoms in total. The number of hydrogen-bond donors (Lipinski definition) is 1. The third-order valence-corrected chi connectivity index (χ3v) is 5.44. The molecule has 96 valence electrons. The van der Waals surface area contributed by atoms with Crippen molar-refractivity contribution in [2.75, 3.05) is 0 Å². The van der Waals surface area contributed by atoms with Crippen molar-refractivity contribution < 1.29 is 0 Å². The van der Waals surface area contributed by atoms with E-state index in [9.17, 15) is 4.79 Å². The monoisotopic (exact) mass is 244 g/mol. The van der Waals surface area contributed by atoms with E-state index in [0.29, 0.717) is 0 Å². The summed E-state index contributed by atoms with van der Waals surface area (Å²) in [4.78, 5) is 19.2. The highest BCUT2D eigenvalue weighted by atomic mass is 16.1. The van der Waals surface area contributed by atoms with Gasteiger partial charge >= 0.3 is 0 Å². The van der Waals surface area contributed by atoms with Gasteiger partial charge in [-0.2, -0.15) is 0 Å². The first kappa shape index (κ1) is 10.8. The SMILES string of the molecule is Cc1nc(C23CC4CC(CC(C4)C2)C3)cc(=O)[nH]1. The van der Waals surface area contributed by atoms with Crippen LogP contribution in [0.3, 0.4) is 0 Å². The van der Waals surface area contributed by atoms with Gasteiger partial charge in [-0.1, -0.05) is 0 Å². The Kier molecular flexibility index (Phi) is 2.07. The van der Waals surface area contributed by atoms with Crippen molar-refractivity contribution in [2.45, 2.75) is 50.9 Å². The summed E-state index contributed by atoms with van der Waals surface area (Å²) in [5.41, 5.74) is 1.35. The molecule has 3 heteroatoms. The van der Waals surface area contributed by atoms with Crippen molar-refractivity contribution in [3.63, 3.8) is 0 Å². The van der Waals surface area contributed by atoms with E-state index < -0.39 is 0 Å². The highest BCUT2D eigenvalue weighted by Gasteiger charge is 2.52. The minimum atomic E-state index is 0.0215. The molecule has 4 aliphatic rings. The van der Waals surface area contributed by atoms with Crippen molar-refractivity contribution >= 4 is 0 Å². The van der Waals surface area contributed by atoms with Crippen molar-refractivity contribution in [1.29, 1.82) is 0 Å². The molecule has 1 aromatic heterocycles. The van der Waals surface area contributed by atoms with Crippen LogP contribution in [0.1, 0.15) is 50.0 Å². The molecule has 0 saturated heterocycles. The molecular weight excluding hydrogens is 224 g/mol. The Morgan fingerprint density at radius 1 is 1.17 bits per heavy atom. The molecule has 0 radical (unpaired) electrons. The molecule has 0 amide bonds. The number of hydrogen-bond acceptors (Lipinski definition) is 2. The molecule has 1 heterocycles. The molecule has 1 aromatic rings. The number of rotatable bonds is 1. The van der Waals surface area contributed by atoms with Crippen molar-refractivity contribution in [1.82, 2.24) is 9.97 Å². The minimum absolute atomic E-state index is 0.0215. The molecule has 4 bridgehead atoms.